The number of rotatable bonds is 4. The van der Waals surface area contributed by atoms with Crippen LogP contribution in [0.15, 0.2) is 54.7 Å². The number of fused-ring (bicyclic) bond motifs is 1. The zero-order valence-electron chi connectivity index (χ0n) is 15.5. The highest BCUT2D eigenvalue weighted by Crippen LogP contribution is 2.33. The van der Waals surface area contributed by atoms with Crippen LogP contribution in [-0.2, 0) is 4.79 Å². The van der Waals surface area contributed by atoms with Crippen molar-refractivity contribution in [3.8, 4) is 0 Å². The molecule has 2 heterocycles. The summed E-state index contributed by atoms with van der Waals surface area (Å²) in [4.78, 5) is 29.6. The van der Waals surface area contributed by atoms with Gasteiger partial charge in [0.15, 0.2) is 0 Å². The molecule has 0 atom stereocenters. The number of aromatic amines is 1. The molecule has 0 aliphatic carbocycles. The lowest BCUT2D eigenvalue weighted by atomic mass is 9.89. The number of nitrogens with one attached hydrogen (secondary N) is 2. The van der Waals surface area contributed by atoms with Gasteiger partial charge in [-0.1, -0.05) is 18.2 Å². The molecular weight excluding hydrogens is 357 g/mol. The van der Waals surface area contributed by atoms with Crippen molar-refractivity contribution in [1.82, 2.24) is 15.2 Å². The Hall–Kier alpha value is -3.15. The Labute approximate surface area is 162 Å². The summed E-state index contributed by atoms with van der Waals surface area (Å²) in [5.74, 6) is -0.436. The van der Waals surface area contributed by atoms with Gasteiger partial charge in [0.2, 0.25) is 5.91 Å². The molecule has 0 saturated carbocycles. The molecule has 6 heteroatoms. The van der Waals surface area contributed by atoms with Gasteiger partial charge in [0.1, 0.15) is 5.82 Å². The summed E-state index contributed by atoms with van der Waals surface area (Å²) in [5, 5.41) is 3.87. The molecule has 0 radical (unpaired) electrons. The van der Waals surface area contributed by atoms with E-state index in [0.717, 1.165) is 18.4 Å². The van der Waals surface area contributed by atoms with E-state index in [1.807, 2.05) is 12.1 Å². The van der Waals surface area contributed by atoms with Crippen molar-refractivity contribution in [1.29, 1.82) is 0 Å². The van der Waals surface area contributed by atoms with Crippen molar-refractivity contribution < 1.29 is 14.0 Å². The van der Waals surface area contributed by atoms with E-state index in [2.05, 4.69) is 28.6 Å². The largest absolute Gasteiger partial charge is 0.361 e. The number of amides is 2. The van der Waals surface area contributed by atoms with Crippen LogP contribution in [-0.4, -0.2) is 41.3 Å². The Kier molecular flexibility index (Phi) is 5.10. The lowest BCUT2D eigenvalue weighted by molar-refractivity contribution is -0.131. The number of H-pyrrole nitrogens is 1. The lowest BCUT2D eigenvalue weighted by Crippen LogP contribution is -2.43. The summed E-state index contributed by atoms with van der Waals surface area (Å²) < 4.78 is 12.9. The maximum atomic E-state index is 12.9. The molecule has 3 aromatic rings. The lowest BCUT2D eigenvalue weighted by Gasteiger charge is -2.32. The van der Waals surface area contributed by atoms with Gasteiger partial charge in [-0.2, -0.15) is 0 Å². The van der Waals surface area contributed by atoms with Crippen molar-refractivity contribution in [3.63, 3.8) is 0 Å². The van der Waals surface area contributed by atoms with Gasteiger partial charge in [0.05, 0.1) is 6.54 Å². The summed E-state index contributed by atoms with van der Waals surface area (Å²) in [6.45, 7) is 1.30. The second-order valence-electron chi connectivity index (χ2n) is 7.13. The predicted molar refractivity (Wildman–Crippen MR) is 106 cm³/mol. The molecule has 1 aliphatic rings. The fourth-order valence-electron chi connectivity index (χ4n) is 3.84. The molecule has 1 aromatic heterocycles. The number of benzene rings is 2. The van der Waals surface area contributed by atoms with Gasteiger partial charge in [0, 0.05) is 35.8 Å². The first-order chi connectivity index (χ1) is 13.6. The molecule has 0 spiro atoms. The van der Waals surface area contributed by atoms with Crippen molar-refractivity contribution in [2.24, 2.45) is 0 Å². The number of hydrogen-bond acceptors (Lipinski definition) is 2. The molecule has 4 rings (SSSR count). The number of carbonyl (C=O) groups is 2. The number of likely N-dealkylation sites (tertiary alicyclic amines) is 1. The SMILES string of the molecule is O=C(NCC(=O)N1CCC(c2c[nH]c3ccccc23)CC1)c1ccc(F)cc1. The molecule has 144 valence electrons. The van der Waals surface area contributed by atoms with Crippen molar-refractivity contribution in [2.75, 3.05) is 19.6 Å². The fourth-order valence-corrected chi connectivity index (χ4v) is 3.84. The van der Waals surface area contributed by atoms with Crippen LogP contribution in [0.4, 0.5) is 4.39 Å². The van der Waals surface area contributed by atoms with Gasteiger partial charge in [-0.15, -0.1) is 0 Å². The van der Waals surface area contributed by atoms with E-state index in [4.69, 9.17) is 0 Å². The van der Waals surface area contributed by atoms with E-state index in [0.29, 0.717) is 24.6 Å². The number of nitrogens with zero attached hydrogens (tertiary/aromatic N) is 1. The molecule has 1 fully saturated rings. The van der Waals surface area contributed by atoms with Crippen LogP contribution >= 0.6 is 0 Å². The number of hydrogen-bond donors (Lipinski definition) is 2. The van der Waals surface area contributed by atoms with Crippen LogP contribution in [0.3, 0.4) is 0 Å². The molecule has 1 saturated heterocycles. The summed E-state index contributed by atoms with van der Waals surface area (Å²) in [6, 6.07) is 13.5. The number of carbonyl (C=O) groups excluding carboxylic acids is 2. The molecule has 0 unspecified atom stereocenters. The number of halogens is 1. The molecular formula is C22H22FN3O2. The highest BCUT2D eigenvalue weighted by Gasteiger charge is 2.25. The third kappa shape index (κ3) is 3.76. The van der Waals surface area contributed by atoms with Crippen molar-refractivity contribution in [3.05, 3.63) is 71.7 Å². The number of piperidine rings is 1. The highest BCUT2D eigenvalue weighted by atomic mass is 19.1. The Balaban J connectivity index is 1.30. The minimum atomic E-state index is -0.398. The first-order valence-electron chi connectivity index (χ1n) is 9.49. The van der Waals surface area contributed by atoms with Gasteiger partial charge in [-0.25, -0.2) is 4.39 Å². The van der Waals surface area contributed by atoms with Crippen molar-refractivity contribution >= 4 is 22.7 Å². The first kappa shape index (κ1) is 18.2. The molecule has 0 bridgehead atoms. The van der Waals surface area contributed by atoms with E-state index in [-0.39, 0.29) is 18.4 Å². The highest BCUT2D eigenvalue weighted by molar-refractivity contribution is 5.96. The molecule has 28 heavy (non-hydrogen) atoms. The Morgan fingerprint density at radius 2 is 1.79 bits per heavy atom. The topological polar surface area (TPSA) is 65.2 Å². The zero-order chi connectivity index (χ0) is 19.5. The molecule has 1 aliphatic heterocycles. The quantitative estimate of drug-likeness (QED) is 0.729. The monoisotopic (exact) mass is 379 g/mol. The van der Waals surface area contributed by atoms with Gasteiger partial charge in [-0.3, -0.25) is 9.59 Å². The van der Waals surface area contributed by atoms with Crippen molar-refractivity contribution in [2.45, 2.75) is 18.8 Å². The zero-order valence-corrected chi connectivity index (χ0v) is 15.5. The average molecular weight is 379 g/mol. The summed E-state index contributed by atoms with van der Waals surface area (Å²) in [7, 11) is 0. The maximum absolute atomic E-state index is 12.9. The van der Waals surface area contributed by atoms with Gasteiger partial charge in [-0.05, 0) is 54.7 Å². The van der Waals surface area contributed by atoms with Crippen LogP contribution in [0.5, 0.6) is 0 Å². The van der Waals surface area contributed by atoms with E-state index < -0.39 is 5.82 Å². The predicted octanol–water partition coefficient (Wildman–Crippen LogP) is 3.44. The minimum absolute atomic E-state index is 0.0477. The van der Waals surface area contributed by atoms with E-state index in [1.165, 1.54) is 35.2 Å². The standard InChI is InChI=1S/C22H22FN3O2/c23-17-7-5-16(6-8-17)22(28)25-14-21(27)26-11-9-15(10-12-26)19-13-24-20-4-2-1-3-18(19)20/h1-8,13,15,24H,9-12,14H2,(H,25,28). The summed E-state index contributed by atoms with van der Waals surface area (Å²) >= 11 is 0. The van der Waals surface area contributed by atoms with Crippen LogP contribution in [0.1, 0.15) is 34.7 Å². The van der Waals surface area contributed by atoms with E-state index in [1.54, 1.807) is 4.90 Å². The molecule has 2 N–H and O–H groups in total. The van der Waals surface area contributed by atoms with E-state index >= 15 is 0 Å². The fraction of sp³-hybridized carbons (Fsp3) is 0.273. The van der Waals surface area contributed by atoms with E-state index in [9.17, 15) is 14.0 Å². The third-order valence-electron chi connectivity index (χ3n) is 5.42. The second-order valence-corrected chi connectivity index (χ2v) is 7.13. The van der Waals surface area contributed by atoms with Gasteiger partial charge >= 0.3 is 0 Å². The van der Waals surface area contributed by atoms with Crippen LogP contribution in [0.25, 0.3) is 10.9 Å². The third-order valence-corrected chi connectivity index (χ3v) is 5.42. The number of para-hydroxylation sites is 1. The average Bonchev–Trinajstić information content (AvgIpc) is 3.16. The Bertz CT molecular complexity index is 988. The molecule has 2 aromatic carbocycles. The molecule has 5 nitrogen and oxygen atoms in total. The summed E-state index contributed by atoms with van der Waals surface area (Å²) in [5.41, 5.74) is 2.79. The maximum Gasteiger partial charge on any atom is 0.251 e. The normalized spacial score (nSPS) is 15.0. The van der Waals surface area contributed by atoms with Crippen LogP contribution < -0.4 is 5.32 Å². The van der Waals surface area contributed by atoms with Crippen LogP contribution in [0, 0.1) is 5.82 Å². The Morgan fingerprint density at radius 1 is 1.07 bits per heavy atom. The van der Waals surface area contributed by atoms with Gasteiger partial charge in [0.25, 0.3) is 5.91 Å². The Morgan fingerprint density at radius 3 is 2.54 bits per heavy atom. The smallest absolute Gasteiger partial charge is 0.251 e. The minimum Gasteiger partial charge on any atom is -0.361 e. The van der Waals surface area contributed by atoms with Gasteiger partial charge < -0.3 is 15.2 Å². The molecule has 2 amide bonds. The second kappa shape index (κ2) is 7.84. The summed E-state index contributed by atoms with van der Waals surface area (Å²) in [6.07, 6.45) is 3.88. The first-order valence-corrected chi connectivity index (χ1v) is 9.49. The number of aromatic nitrogens is 1. The van der Waals surface area contributed by atoms with Crippen LogP contribution in [0.2, 0.25) is 0 Å².